The van der Waals surface area contributed by atoms with Crippen LogP contribution in [-0.2, 0) is 10.2 Å². The van der Waals surface area contributed by atoms with E-state index in [9.17, 15) is 0 Å². The van der Waals surface area contributed by atoms with Gasteiger partial charge in [0.1, 0.15) is 0 Å². The first-order valence-corrected chi connectivity index (χ1v) is 6.90. The summed E-state index contributed by atoms with van der Waals surface area (Å²) in [7, 11) is 0. The summed E-state index contributed by atoms with van der Waals surface area (Å²) in [6.45, 7) is 9.94. The van der Waals surface area contributed by atoms with Crippen molar-refractivity contribution < 1.29 is 4.74 Å². The molecule has 0 saturated carbocycles. The Kier molecular flexibility index (Phi) is 2.58. The van der Waals surface area contributed by atoms with Gasteiger partial charge in [0.05, 0.1) is 11.7 Å². The second-order valence-corrected chi connectivity index (χ2v) is 6.96. The Morgan fingerprint density at radius 1 is 1.17 bits per heavy atom. The van der Waals surface area contributed by atoms with Crippen LogP contribution in [-0.4, -0.2) is 18.2 Å². The largest absolute Gasteiger partial charge is 0.365 e. The molecule has 1 aromatic carbocycles. The lowest BCUT2D eigenvalue weighted by Crippen LogP contribution is -2.56. The zero-order chi connectivity index (χ0) is 13.0. The van der Waals surface area contributed by atoms with E-state index >= 15 is 0 Å². The number of ether oxygens (including phenoxy) is 1. The molecule has 2 aliphatic rings. The van der Waals surface area contributed by atoms with Gasteiger partial charge in [0.15, 0.2) is 0 Å². The van der Waals surface area contributed by atoms with Gasteiger partial charge in [-0.05, 0) is 36.8 Å². The molecule has 0 bridgehead atoms. The van der Waals surface area contributed by atoms with Crippen molar-refractivity contribution in [3.05, 3.63) is 35.4 Å². The number of benzene rings is 1. The van der Waals surface area contributed by atoms with Crippen molar-refractivity contribution in [3.8, 4) is 0 Å². The van der Waals surface area contributed by atoms with Gasteiger partial charge in [-0.25, -0.2) is 0 Å². The number of rotatable bonds is 0. The van der Waals surface area contributed by atoms with E-state index in [2.05, 4.69) is 57.3 Å². The first-order chi connectivity index (χ1) is 8.39. The van der Waals surface area contributed by atoms with Gasteiger partial charge in [-0.2, -0.15) is 0 Å². The fourth-order valence-corrected chi connectivity index (χ4v) is 3.43. The molecule has 1 aromatic rings. The van der Waals surface area contributed by atoms with E-state index in [1.807, 2.05) is 0 Å². The SMILES string of the molecule is CC1(C)CNC2CC(C)(C)c3ccccc3C2O1. The van der Waals surface area contributed by atoms with Gasteiger partial charge >= 0.3 is 0 Å². The van der Waals surface area contributed by atoms with Crippen LogP contribution < -0.4 is 5.32 Å². The van der Waals surface area contributed by atoms with Crippen LogP contribution in [0.4, 0.5) is 0 Å². The van der Waals surface area contributed by atoms with Crippen LogP contribution in [0.1, 0.15) is 51.3 Å². The van der Waals surface area contributed by atoms with Crippen LogP contribution in [0.15, 0.2) is 24.3 Å². The van der Waals surface area contributed by atoms with Crippen molar-refractivity contribution in [3.63, 3.8) is 0 Å². The molecule has 18 heavy (non-hydrogen) atoms. The van der Waals surface area contributed by atoms with Crippen molar-refractivity contribution in [2.75, 3.05) is 6.54 Å². The Bertz CT molecular complexity index is 464. The third-order valence-corrected chi connectivity index (χ3v) is 4.33. The summed E-state index contributed by atoms with van der Waals surface area (Å²) < 4.78 is 6.34. The molecule has 0 spiro atoms. The molecule has 0 amide bonds. The Hall–Kier alpha value is -0.860. The molecular formula is C16H23NO. The number of nitrogens with one attached hydrogen (secondary N) is 1. The molecule has 1 aliphatic carbocycles. The fraction of sp³-hybridized carbons (Fsp3) is 0.625. The molecule has 98 valence electrons. The number of hydrogen-bond donors (Lipinski definition) is 1. The summed E-state index contributed by atoms with van der Waals surface area (Å²) >= 11 is 0. The normalized spacial score (nSPS) is 32.4. The highest BCUT2D eigenvalue weighted by Crippen LogP contribution is 2.45. The molecule has 1 N–H and O–H groups in total. The van der Waals surface area contributed by atoms with Crippen LogP contribution in [0.2, 0.25) is 0 Å². The fourth-order valence-electron chi connectivity index (χ4n) is 3.43. The molecule has 1 heterocycles. The van der Waals surface area contributed by atoms with E-state index in [0.717, 1.165) is 13.0 Å². The van der Waals surface area contributed by atoms with Gasteiger partial charge in [-0.15, -0.1) is 0 Å². The van der Waals surface area contributed by atoms with E-state index in [4.69, 9.17) is 4.74 Å². The van der Waals surface area contributed by atoms with Crippen LogP contribution in [0.5, 0.6) is 0 Å². The van der Waals surface area contributed by atoms with Crippen molar-refractivity contribution >= 4 is 0 Å². The standard InChI is InChI=1S/C16H23NO/c1-15(2)9-13-14(18-16(3,4)10-17-13)11-7-5-6-8-12(11)15/h5-8,13-14,17H,9-10H2,1-4H3. The Morgan fingerprint density at radius 2 is 1.89 bits per heavy atom. The van der Waals surface area contributed by atoms with E-state index in [-0.39, 0.29) is 17.1 Å². The highest BCUT2D eigenvalue weighted by Gasteiger charge is 2.44. The predicted molar refractivity (Wildman–Crippen MR) is 73.8 cm³/mol. The summed E-state index contributed by atoms with van der Waals surface area (Å²) in [5.74, 6) is 0. The molecule has 0 radical (unpaired) electrons. The summed E-state index contributed by atoms with van der Waals surface area (Å²) in [6.07, 6.45) is 1.35. The molecule has 1 fully saturated rings. The maximum absolute atomic E-state index is 6.34. The molecular weight excluding hydrogens is 222 g/mol. The summed E-state index contributed by atoms with van der Waals surface area (Å²) in [6, 6.07) is 9.21. The minimum atomic E-state index is -0.0736. The first kappa shape index (κ1) is 12.2. The summed E-state index contributed by atoms with van der Waals surface area (Å²) in [5.41, 5.74) is 2.98. The second kappa shape index (κ2) is 3.82. The lowest BCUT2D eigenvalue weighted by atomic mass is 9.69. The number of morpholine rings is 1. The highest BCUT2D eigenvalue weighted by molar-refractivity contribution is 5.39. The van der Waals surface area contributed by atoms with Crippen molar-refractivity contribution in [2.45, 2.75) is 57.3 Å². The van der Waals surface area contributed by atoms with E-state index in [0.29, 0.717) is 6.04 Å². The average Bonchev–Trinajstić information content (AvgIpc) is 2.30. The maximum atomic E-state index is 6.34. The molecule has 1 saturated heterocycles. The van der Waals surface area contributed by atoms with Crippen molar-refractivity contribution in [1.82, 2.24) is 5.32 Å². The first-order valence-electron chi connectivity index (χ1n) is 6.90. The van der Waals surface area contributed by atoms with Gasteiger partial charge < -0.3 is 10.1 Å². The van der Waals surface area contributed by atoms with Crippen LogP contribution >= 0.6 is 0 Å². The van der Waals surface area contributed by atoms with Gasteiger partial charge in [0.25, 0.3) is 0 Å². The molecule has 0 aromatic heterocycles. The zero-order valence-electron chi connectivity index (χ0n) is 11.8. The van der Waals surface area contributed by atoms with Crippen LogP contribution in [0.3, 0.4) is 0 Å². The van der Waals surface area contributed by atoms with Gasteiger partial charge in [-0.3, -0.25) is 0 Å². The second-order valence-electron chi connectivity index (χ2n) is 6.96. The molecule has 2 atom stereocenters. The minimum Gasteiger partial charge on any atom is -0.365 e. The van der Waals surface area contributed by atoms with Crippen LogP contribution in [0.25, 0.3) is 0 Å². The van der Waals surface area contributed by atoms with E-state index < -0.39 is 0 Å². The quantitative estimate of drug-likeness (QED) is 0.758. The van der Waals surface area contributed by atoms with Crippen molar-refractivity contribution in [1.29, 1.82) is 0 Å². The summed E-state index contributed by atoms with van der Waals surface area (Å²) in [5, 5.41) is 3.68. The van der Waals surface area contributed by atoms with E-state index in [1.54, 1.807) is 0 Å². The summed E-state index contributed by atoms with van der Waals surface area (Å²) in [4.78, 5) is 0. The van der Waals surface area contributed by atoms with Gasteiger partial charge in [0, 0.05) is 12.6 Å². The molecule has 1 aliphatic heterocycles. The zero-order valence-corrected chi connectivity index (χ0v) is 11.8. The Balaban J connectivity index is 2.06. The van der Waals surface area contributed by atoms with Gasteiger partial charge in [-0.1, -0.05) is 38.1 Å². The smallest absolute Gasteiger partial charge is 0.0988 e. The Morgan fingerprint density at radius 3 is 2.67 bits per heavy atom. The minimum absolute atomic E-state index is 0.0736. The lowest BCUT2D eigenvalue weighted by Gasteiger charge is -2.49. The number of fused-ring (bicyclic) bond motifs is 3. The highest BCUT2D eigenvalue weighted by atomic mass is 16.5. The molecule has 2 unspecified atom stereocenters. The third-order valence-electron chi connectivity index (χ3n) is 4.33. The van der Waals surface area contributed by atoms with Crippen LogP contribution in [0, 0.1) is 0 Å². The van der Waals surface area contributed by atoms with E-state index in [1.165, 1.54) is 11.1 Å². The Labute approximate surface area is 110 Å². The maximum Gasteiger partial charge on any atom is 0.0988 e. The topological polar surface area (TPSA) is 21.3 Å². The average molecular weight is 245 g/mol. The number of hydrogen-bond acceptors (Lipinski definition) is 2. The van der Waals surface area contributed by atoms with Crippen molar-refractivity contribution in [2.24, 2.45) is 0 Å². The molecule has 2 nitrogen and oxygen atoms in total. The monoisotopic (exact) mass is 245 g/mol. The molecule has 2 heteroatoms. The molecule has 3 rings (SSSR count). The predicted octanol–water partition coefficient (Wildman–Crippen LogP) is 3.18. The third kappa shape index (κ3) is 1.88. The lowest BCUT2D eigenvalue weighted by molar-refractivity contribution is -0.126. The van der Waals surface area contributed by atoms with Gasteiger partial charge in [0.2, 0.25) is 0 Å².